The number of nitrogens with one attached hydrogen (secondary N) is 1. The number of nitrogens with zero attached hydrogens (tertiary/aromatic N) is 1. The van der Waals surface area contributed by atoms with Crippen molar-refractivity contribution in [2.45, 2.75) is 63.6 Å². The van der Waals surface area contributed by atoms with Gasteiger partial charge in [0.25, 0.3) is 5.91 Å². The SMILES string of the molecule is CC(Oc1ccc(Cl)c(Cl)c1)C(=O)NC1CCCCC1N1CCCC1. The second kappa shape index (κ2) is 8.61. The van der Waals surface area contributed by atoms with Crippen LogP contribution in [0.2, 0.25) is 10.0 Å². The number of rotatable bonds is 5. The quantitative estimate of drug-likeness (QED) is 0.823. The maximum Gasteiger partial charge on any atom is 0.261 e. The Morgan fingerprint density at radius 2 is 1.88 bits per heavy atom. The molecule has 4 nitrogen and oxygen atoms in total. The molecule has 1 aromatic carbocycles. The number of carbonyl (C=O) groups excluding carboxylic acids is 1. The Balaban J connectivity index is 1.58. The fourth-order valence-electron chi connectivity index (χ4n) is 3.90. The molecule has 1 amide bonds. The van der Waals surface area contributed by atoms with Crippen LogP contribution in [-0.4, -0.2) is 42.1 Å². The van der Waals surface area contributed by atoms with Crippen molar-refractivity contribution >= 4 is 29.1 Å². The van der Waals surface area contributed by atoms with E-state index in [2.05, 4.69) is 10.2 Å². The molecule has 1 aliphatic heterocycles. The fourth-order valence-corrected chi connectivity index (χ4v) is 4.19. The Bertz CT molecular complexity index is 605. The van der Waals surface area contributed by atoms with Crippen molar-refractivity contribution in [3.8, 4) is 5.75 Å². The summed E-state index contributed by atoms with van der Waals surface area (Å²) in [5.74, 6) is 0.485. The number of benzene rings is 1. The molecule has 0 bridgehead atoms. The molecule has 1 saturated carbocycles. The van der Waals surface area contributed by atoms with Gasteiger partial charge in [-0.2, -0.15) is 0 Å². The zero-order valence-electron chi connectivity index (χ0n) is 14.6. The van der Waals surface area contributed by atoms with E-state index in [1.165, 1.54) is 32.1 Å². The third-order valence-corrected chi connectivity index (χ3v) is 5.98. The summed E-state index contributed by atoms with van der Waals surface area (Å²) in [5.41, 5.74) is 0. The van der Waals surface area contributed by atoms with Crippen LogP contribution < -0.4 is 10.1 Å². The lowest BCUT2D eigenvalue weighted by molar-refractivity contribution is -0.128. The minimum Gasteiger partial charge on any atom is -0.481 e. The third-order valence-electron chi connectivity index (χ3n) is 5.24. The zero-order chi connectivity index (χ0) is 17.8. The van der Waals surface area contributed by atoms with Crippen molar-refractivity contribution in [1.29, 1.82) is 0 Å². The van der Waals surface area contributed by atoms with E-state index in [9.17, 15) is 4.79 Å². The summed E-state index contributed by atoms with van der Waals surface area (Å²) >= 11 is 11.9. The number of hydrogen-bond acceptors (Lipinski definition) is 3. The van der Waals surface area contributed by atoms with Crippen molar-refractivity contribution < 1.29 is 9.53 Å². The summed E-state index contributed by atoms with van der Waals surface area (Å²) in [6.45, 7) is 4.09. The lowest BCUT2D eigenvalue weighted by Crippen LogP contribution is -2.54. The van der Waals surface area contributed by atoms with Gasteiger partial charge in [0, 0.05) is 18.2 Å². The van der Waals surface area contributed by atoms with Crippen LogP contribution in [0, 0.1) is 0 Å². The molecular formula is C19H26Cl2N2O2. The van der Waals surface area contributed by atoms with Crippen LogP contribution in [-0.2, 0) is 4.79 Å². The number of ether oxygens (including phenoxy) is 1. The lowest BCUT2D eigenvalue weighted by Gasteiger charge is -2.38. The number of halogens is 2. The highest BCUT2D eigenvalue weighted by Gasteiger charge is 2.33. The van der Waals surface area contributed by atoms with E-state index in [4.69, 9.17) is 27.9 Å². The predicted molar refractivity (Wildman–Crippen MR) is 102 cm³/mol. The van der Waals surface area contributed by atoms with Gasteiger partial charge in [0.05, 0.1) is 10.0 Å². The number of likely N-dealkylation sites (tertiary alicyclic amines) is 1. The standard InChI is InChI=1S/C19H26Cl2N2O2/c1-13(25-14-8-9-15(20)16(21)12-14)19(24)22-17-6-2-3-7-18(17)23-10-4-5-11-23/h8-9,12-13,17-18H,2-7,10-11H2,1H3,(H,22,24). The summed E-state index contributed by atoms with van der Waals surface area (Å²) in [6.07, 6.45) is 6.63. The summed E-state index contributed by atoms with van der Waals surface area (Å²) in [6, 6.07) is 5.73. The molecule has 1 heterocycles. The van der Waals surface area contributed by atoms with Crippen LogP contribution in [0.25, 0.3) is 0 Å². The van der Waals surface area contributed by atoms with E-state index in [0.717, 1.165) is 19.5 Å². The highest BCUT2D eigenvalue weighted by molar-refractivity contribution is 6.42. The number of hydrogen-bond donors (Lipinski definition) is 1. The summed E-state index contributed by atoms with van der Waals surface area (Å²) in [5, 5.41) is 4.13. The van der Waals surface area contributed by atoms with E-state index < -0.39 is 6.10 Å². The second-order valence-corrected chi connectivity index (χ2v) is 7.86. The van der Waals surface area contributed by atoms with Gasteiger partial charge in [-0.1, -0.05) is 36.0 Å². The molecule has 2 fully saturated rings. The molecule has 1 aromatic rings. The molecule has 6 heteroatoms. The minimum atomic E-state index is -0.571. The normalized spacial score (nSPS) is 25.6. The molecule has 0 spiro atoms. The van der Waals surface area contributed by atoms with E-state index in [1.54, 1.807) is 25.1 Å². The molecular weight excluding hydrogens is 359 g/mol. The van der Waals surface area contributed by atoms with Crippen molar-refractivity contribution in [3.05, 3.63) is 28.2 Å². The van der Waals surface area contributed by atoms with Gasteiger partial charge in [0.2, 0.25) is 0 Å². The van der Waals surface area contributed by atoms with Gasteiger partial charge >= 0.3 is 0 Å². The molecule has 25 heavy (non-hydrogen) atoms. The second-order valence-electron chi connectivity index (χ2n) is 7.05. The number of carbonyl (C=O) groups is 1. The Morgan fingerprint density at radius 3 is 2.60 bits per heavy atom. The maximum atomic E-state index is 12.6. The van der Waals surface area contributed by atoms with Crippen LogP contribution in [0.1, 0.15) is 45.4 Å². The van der Waals surface area contributed by atoms with Gasteiger partial charge < -0.3 is 10.1 Å². The summed E-state index contributed by atoms with van der Waals surface area (Å²) < 4.78 is 5.75. The molecule has 3 unspecified atom stereocenters. The monoisotopic (exact) mass is 384 g/mol. The molecule has 3 atom stereocenters. The topological polar surface area (TPSA) is 41.6 Å². The predicted octanol–water partition coefficient (Wildman–Crippen LogP) is 4.28. The van der Waals surface area contributed by atoms with E-state index >= 15 is 0 Å². The summed E-state index contributed by atoms with van der Waals surface area (Å²) in [4.78, 5) is 15.2. The Hall–Kier alpha value is -0.970. The van der Waals surface area contributed by atoms with Gasteiger partial charge in [0.15, 0.2) is 6.10 Å². The van der Waals surface area contributed by atoms with Gasteiger partial charge in [-0.25, -0.2) is 0 Å². The Kier molecular flexibility index (Phi) is 6.48. The Labute approximate surface area is 159 Å². The van der Waals surface area contributed by atoms with E-state index in [1.807, 2.05) is 0 Å². The van der Waals surface area contributed by atoms with Gasteiger partial charge in [-0.3, -0.25) is 9.69 Å². The molecule has 3 rings (SSSR count). The van der Waals surface area contributed by atoms with Crippen molar-refractivity contribution in [2.75, 3.05) is 13.1 Å². The largest absolute Gasteiger partial charge is 0.481 e. The molecule has 1 N–H and O–H groups in total. The first-order valence-corrected chi connectivity index (χ1v) is 9.96. The average Bonchev–Trinajstić information content (AvgIpc) is 3.13. The van der Waals surface area contributed by atoms with Crippen LogP contribution >= 0.6 is 23.2 Å². The highest BCUT2D eigenvalue weighted by atomic mass is 35.5. The lowest BCUT2D eigenvalue weighted by atomic mass is 9.89. The maximum absolute atomic E-state index is 12.6. The van der Waals surface area contributed by atoms with E-state index in [-0.39, 0.29) is 11.9 Å². The minimum absolute atomic E-state index is 0.0674. The molecule has 138 valence electrons. The smallest absolute Gasteiger partial charge is 0.261 e. The zero-order valence-corrected chi connectivity index (χ0v) is 16.2. The van der Waals surface area contributed by atoms with Gasteiger partial charge in [-0.15, -0.1) is 0 Å². The van der Waals surface area contributed by atoms with Crippen LogP contribution in [0.15, 0.2) is 18.2 Å². The molecule has 1 aliphatic carbocycles. The average molecular weight is 385 g/mol. The molecule has 1 saturated heterocycles. The molecule has 0 radical (unpaired) electrons. The van der Waals surface area contributed by atoms with Crippen molar-refractivity contribution in [1.82, 2.24) is 10.2 Å². The van der Waals surface area contributed by atoms with E-state index in [0.29, 0.717) is 21.8 Å². The van der Waals surface area contributed by atoms with Crippen molar-refractivity contribution in [2.24, 2.45) is 0 Å². The fraction of sp³-hybridized carbons (Fsp3) is 0.632. The van der Waals surface area contributed by atoms with Gasteiger partial charge in [0.1, 0.15) is 5.75 Å². The first-order chi connectivity index (χ1) is 12.0. The third kappa shape index (κ3) is 4.81. The first-order valence-electron chi connectivity index (χ1n) is 9.21. The molecule has 0 aromatic heterocycles. The highest BCUT2D eigenvalue weighted by Crippen LogP contribution is 2.28. The van der Waals surface area contributed by atoms with Crippen LogP contribution in [0.3, 0.4) is 0 Å². The number of amides is 1. The first kappa shape index (κ1) is 18.8. The summed E-state index contributed by atoms with van der Waals surface area (Å²) in [7, 11) is 0. The van der Waals surface area contributed by atoms with Crippen molar-refractivity contribution in [3.63, 3.8) is 0 Å². The van der Waals surface area contributed by atoms with Crippen LogP contribution in [0.5, 0.6) is 5.75 Å². The van der Waals surface area contributed by atoms with Gasteiger partial charge in [-0.05, 0) is 57.8 Å². The van der Waals surface area contributed by atoms with Crippen LogP contribution in [0.4, 0.5) is 0 Å². The Morgan fingerprint density at radius 1 is 1.16 bits per heavy atom. The molecule has 2 aliphatic rings.